The molecule has 1 fully saturated rings. The molecule has 132 valence electrons. The lowest BCUT2D eigenvalue weighted by Crippen LogP contribution is -2.09. The maximum atomic E-state index is 10.2. The number of para-hydroxylation sites is 1. The van der Waals surface area contributed by atoms with Crippen molar-refractivity contribution >= 4 is 21.9 Å². The zero-order valence-electron chi connectivity index (χ0n) is 15.0. The average molecular weight is 346 g/mol. The fourth-order valence-electron chi connectivity index (χ4n) is 4.26. The molecule has 0 unspecified atom stereocenters. The Labute approximate surface area is 151 Å². The third-order valence-electron chi connectivity index (χ3n) is 5.68. The highest BCUT2D eigenvalue weighted by Gasteiger charge is 2.31. The van der Waals surface area contributed by atoms with E-state index in [0.29, 0.717) is 12.0 Å². The van der Waals surface area contributed by atoms with Crippen molar-refractivity contribution in [3.63, 3.8) is 0 Å². The zero-order chi connectivity index (χ0) is 17.8. The van der Waals surface area contributed by atoms with Crippen LogP contribution in [0.5, 0.6) is 0 Å². The van der Waals surface area contributed by atoms with Crippen LogP contribution in [-0.4, -0.2) is 30.7 Å². The molecule has 0 radical (unpaired) electrons. The van der Waals surface area contributed by atoms with Crippen LogP contribution in [0.4, 0.5) is 0 Å². The summed E-state index contributed by atoms with van der Waals surface area (Å²) >= 11 is 0. The Morgan fingerprint density at radius 2 is 2.00 bits per heavy atom. The lowest BCUT2D eigenvalue weighted by atomic mass is 10.1. The van der Waals surface area contributed by atoms with E-state index in [9.17, 15) is 5.11 Å². The number of rotatable bonds is 2. The number of aliphatic hydroxyl groups is 1. The fraction of sp³-hybridized carbons (Fsp3) is 0.333. The lowest BCUT2D eigenvalue weighted by molar-refractivity contribution is 0.139. The number of aromatic nitrogens is 4. The van der Waals surface area contributed by atoms with Crippen molar-refractivity contribution in [2.75, 3.05) is 0 Å². The summed E-state index contributed by atoms with van der Waals surface area (Å²) < 4.78 is 2.23. The molecule has 1 aliphatic carbocycles. The van der Waals surface area contributed by atoms with E-state index in [0.717, 1.165) is 46.6 Å². The number of nitrogens with one attached hydrogen (secondary N) is 1. The van der Waals surface area contributed by atoms with Crippen LogP contribution in [0.3, 0.4) is 0 Å². The smallest absolute Gasteiger partial charge is 0.144 e. The Bertz CT molecular complexity index is 1070. The Balaban J connectivity index is 1.67. The van der Waals surface area contributed by atoms with Crippen molar-refractivity contribution in [1.29, 1.82) is 0 Å². The molecule has 3 aromatic heterocycles. The molecule has 3 atom stereocenters. The summed E-state index contributed by atoms with van der Waals surface area (Å²) in [5.74, 6) is 1.09. The Kier molecular flexibility index (Phi) is 3.40. The lowest BCUT2D eigenvalue weighted by Gasteiger charge is -2.13. The zero-order valence-corrected chi connectivity index (χ0v) is 15.0. The van der Waals surface area contributed by atoms with Gasteiger partial charge in [-0.2, -0.15) is 0 Å². The van der Waals surface area contributed by atoms with Gasteiger partial charge in [0, 0.05) is 28.5 Å². The van der Waals surface area contributed by atoms with Crippen molar-refractivity contribution in [3.8, 4) is 11.4 Å². The molecule has 0 spiro atoms. The molecular formula is C21H22N4O. The van der Waals surface area contributed by atoms with Gasteiger partial charge in [0.2, 0.25) is 0 Å². The number of hydrogen-bond acceptors (Lipinski definition) is 3. The maximum absolute atomic E-state index is 10.2. The largest absolute Gasteiger partial charge is 0.393 e. The van der Waals surface area contributed by atoms with Crippen LogP contribution in [-0.2, 0) is 0 Å². The number of fused-ring (bicyclic) bond motifs is 2. The Morgan fingerprint density at radius 3 is 2.77 bits per heavy atom. The second-order valence-electron chi connectivity index (χ2n) is 7.52. The summed E-state index contributed by atoms with van der Waals surface area (Å²) in [6.07, 6.45) is 3.64. The summed E-state index contributed by atoms with van der Waals surface area (Å²) in [5, 5.41) is 12.4. The first-order valence-electron chi connectivity index (χ1n) is 9.21. The van der Waals surface area contributed by atoms with E-state index in [4.69, 9.17) is 9.97 Å². The molecule has 5 heteroatoms. The normalized spacial score (nSPS) is 23.3. The molecule has 0 amide bonds. The van der Waals surface area contributed by atoms with Crippen LogP contribution in [0.1, 0.15) is 31.6 Å². The first kappa shape index (κ1) is 15.6. The fourth-order valence-corrected chi connectivity index (χ4v) is 4.26. The number of benzene rings is 1. The van der Waals surface area contributed by atoms with Crippen molar-refractivity contribution in [2.45, 2.75) is 38.8 Å². The molecule has 0 bridgehead atoms. The summed E-state index contributed by atoms with van der Waals surface area (Å²) in [7, 11) is 0. The summed E-state index contributed by atoms with van der Waals surface area (Å²) in [6, 6.07) is 12.8. The summed E-state index contributed by atoms with van der Waals surface area (Å²) in [4.78, 5) is 12.9. The monoisotopic (exact) mass is 346 g/mol. The molecule has 1 aromatic carbocycles. The van der Waals surface area contributed by atoms with Crippen molar-refractivity contribution in [3.05, 3.63) is 48.4 Å². The molecule has 2 N–H and O–H groups in total. The van der Waals surface area contributed by atoms with E-state index in [1.54, 1.807) is 0 Å². The average Bonchev–Trinajstić information content (AvgIpc) is 3.31. The molecule has 1 aliphatic rings. The highest BCUT2D eigenvalue weighted by molar-refractivity contribution is 5.94. The number of aryl methyl sites for hydroxylation is 1. The van der Waals surface area contributed by atoms with Gasteiger partial charge in [0.25, 0.3) is 0 Å². The van der Waals surface area contributed by atoms with Gasteiger partial charge in [0.05, 0.1) is 17.5 Å². The molecule has 26 heavy (non-hydrogen) atoms. The van der Waals surface area contributed by atoms with Crippen LogP contribution in [0.15, 0.2) is 42.6 Å². The van der Waals surface area contributed by atoms with Crippen LogP contribution < -0.4 is 0 Å². The van der Waals surface area contributed by atoms with Gasteiger partial charge in [-0.25, -0.2) is 9.97 Å². The van der Waals surface area contributed by atoms with E-state index in [2.05, 4.69) is 46.9 Å². The third kappa shape index (κ3) is 2.35. The van der Waals surface area contributed by atoms with Crippen molar-refractivity contribution < 1.29 is 5.11 Å². The predicted octanol–water partition coefficient (Wildman–Crippen LogP) is 4.22. The number of aromatic amines is 1. The van der Waals surface area contributed by atoms with E-state index in [1.807, 2.05) is 19.1 Å². The van der Waals surface area contributed by atoms with Gasteiger partial charge in [-0.3, -0.25) is 0 Å². The van der Waals surface area contributed by atoms with Gasteiger partial charge in [-0.1, -0.05) is 25.1 Å². The predicted molar refractivity (Wildman–Crippen MR) is 103 cm³/mol. The van der Waals surface area contributed by atoms with Gasteiger partial charge < -0.3 is 14.7 Å². The molecule has 4 aromatic rings. The van der Waals surface area contributed by atoms with E-state index in [-0.39, 0.29) is 6.10 Å². The SMILES string of the molecule is Cc1nc(-c2cc3ccccc3[nH]2)c2ccn([C@@H]3C[C@H](C)[C@@H](O)C3)c2n1. The van der Waals surface area contributed by atoms with Gasteiger partial charge in [0.1, 0.15) is 11.5 Å². The first-order chi connectivity index (χ1) is 12.6. The molecule has 5 rings (SSSR count). The highest BCUT2D eigenvalue weighted by atomic mass is 16.3. The van der Waals surface area contributed by atoms with Gasteiger partial charge in [-0.05, 0) is 43.9 Å². The van der Waals surface area contributed by atoms with E-state index < -0.39 is 0 Å². The minimum Gasteiger partial charge on any atom is -0.393 e. The summed E-state index contributed by atoms with van der Waals surface area (Å²) in [6.45, 7) is 4.06. The van der Waals surface area contributed by atoms with E-state index >= 15 is 0 Å². The molecular weight excluding hydrogens is 324 g/mol. The maximum Gasteiger partial charge on any atom is 0.144 e. The standard InChI is InChI=1S/C21H22N4O/c1-12-9-15(11-19(12)26)25-8-7-16-20(22-13(2)23-21(16)25)18-10-14-5-3-4-6-17(14)24-18/h3-8,10,12,15,19,24,26H,9,11H2,1-2H3/t12-,15+,19-/m0/s1. The van der Waals surface area contributed by atoms with Crippen LogP contribution in [0.25, 0.3) is 33.3 Å². The molecule has 5 nitrogen and oxygen atoms in total. The van der Waals surface area contributed by atoms with Crippen LogP contribution >= 0.6 is 0 Å². The van der Waals surface area contributed by atoms with E-state index in [1.165, 1.54) is 5.39 Å². The number of hydrogen-bond donors (Lipinski definition) is 2. The minimum absolute atomic E-state index is 0.228. The number of H-pyrrole nitrogens is 1. The second kappa shape index (κ2) is 5.68. The number of nitrogens with zero attached hydrogens (tertiary/aromatic N) is 3. The topological polar surface area (TPSA) is 66.7 Å². The van der Waals surface area contributed by atoms with Gasteiger partial charge in [0.15, 0.2) is 0 Å². The van der Waals surface area contributed by atoms with Gasteiger partial charge in [-0.15, -0.1) is 0 Å². The van der Waals surface area contributed by atoms with Gasteiger partial charge >= 0.3 is 0 Å². The first-order valence-corrected chi connectivity index (χ1v) is 9.21. The quantitative estimate of drug-likeness (QED) is 0.571. The van der Waals surface area contributed by atoms with Crippen LogP contribution in [0, 0.1) is 12.8 Å². The van der Waals surface area contributed by atoms with Crippen molar-refractivity contribution in [2.24, 2.45) is 5.92 Å². The summed E-state index contributed by atoms with van der Waals surface area (Å²) in [5.41, 5.74) is 4.02. The highest BCUT2D eigenvalue weighted by Crippen LogP contribution is 2.38. The number of aliphatic hydroxyl groups excluding tert-OH is 1. The molecule has 1 saturated carbocycles. The molecule has 3 heterocycles. The van der Waals surface area contributed by atoms with Crippen molar-refractivity contribution in [1.82, 2.24) is 19.5 Å². The molecule has 0 aliphatic heterocycles. The second-order valence-corrected chi connectivity index (χ2v) is 7.52. The van der Waals surface area contributed by atoms with Crippen LogP contribution in [0.2, 0.25) is 0 Å². The minimum atomic E-state index is -0.228. The Hall–Kier alpha value is -2.66. The Morgan fingerprint density at radius 1 is 1.15 bits per heavy atom. The molecule has 0 saturated heterocycles. The third-order valence-corrected chi connectivity index (χ3v) is 5.68.